The Morgan fingerprint density at radius 3 is 2.68 bits per heavy atom. The maximum atomic E-state index is 5.96. The van der Waals surface area contributed by atoms with Gasteiger partial charge in [-0.05, 0) is 46.6 Å². The summed E-state index contributed by atoms with van der Waals surface area (Å²) in [6.45, 7) is 2.47. The van der Waals surface area contributed by atoms with Crippen LogP contribution in [0.3, 0.4) is 0 Å². The molecular formula is C15H15BrClNO. The van der Waals surface area contributed by atoms with E-state index in [2.05, 4.69) is 35.0 Å². The molecule has 0 aliphatic carbocycles. The highest BCUT2D eigenvalue weighted by Crippen LogP contribution is 2.31. The molecule has 100 valence electrons. The molecule has 0 saturated carbocycles. The summed E-state index contributed by atoms with van der Waals surface area (Å²) in [6, 6.07) is 13.6. The fourth-order valence-electron chi connectivity index (χ4n) is 1.85. The molecule has 2 nitrogen and oxygen atoms in total. The largest absolute Gasteiger partial charge is 0.483 e. The monoisotopic (exact) mass is 339 g/mol. The molecule has 4 heteroatoms. The fraction of sp³-hybridized carbons (Fsp3) is 0.200. The van der Waals surface area contributed by atoms with Crippen LogP contribution in [0.2, 0.25) is 5.02 Å². The molecular weight excluding hydrogens is 326 g/mol. The summed E-state index contributed by atoms with van der Waals surface area (Å²) in [5.41, 5.74) is 8.08. The van der Waals surface area contributed by atoms with Gasteiger partial charge in [0.15, 0.2) is 0 Å². The van der Waals surface area contributed by atoms with Crippen LogP contribution in [0.4, 0.5) is 0 Å². The minimum Gasteiger partial charge on any atom is -0.483 e. The number of aryl methyl sites for hydroxylation is 1. The Morgan fingerprint density at radius 2 is 2.05 bits per heavy atom. The number of halogens is 2. The summed E-state index contributed by atoms with van der Waals surface area (Å²) in [6.07, 6.45) is -0.169. The summed E-state index contributed by atoms with van der Waals surface area (Å²) in [5, 5.41) is 0.666. The van der Waals surface area contributed by atoms with Crippen LogP contribution in [-0.2, 0) is 0 Å². The molecule has 19 heavy (non-hydrogen) atoms. The Morgan fingerprint density at radius 1 is 1.26 bits per heavy atom. The van der Waals surface area contributed by atoms with Crippen molar-refractivity contribution >= 4 is 27.5 Å². The van der Waals surface area contributed by atoms with E-state index in [1.54, 1.807) is 12.1 Å². The molecule has 0 radical (unpaired) electrons. The number of nitrogens with two attached hydrogens (primary N) is 1. The Hall–Kier alpha value is -1.03. The van der Waals surface area contributed by atoms with Gasteiger partial charge in [0.1, 0.15) is 11.9 Å². The first kappa shape index (κ1) is 14.4. The molecule has 1 unspecified atom stereocenters. The van der Waals surface area contributed by atoms with Gasteiger partial charge in [-0.15, -0.1) is 0 Å². The predicted molar refractivity (Wildman–Crippen MR) is 82.8 cm³/mol. The predicted octanol–water partition coefficient (Wildman–Crippen LogP) is 4.49. The molecule has 0 saturated heterocycles. The SMILES string of the molecule is Cc1cccc(C(CN)Oc2ccc(Cl)cc2Br)c1. The number of hydrogen-bond donors (Lipinski definition) is 1. The van der Waals surface area contributed by atoms with Crippen LogP contribution < -0.4 is 10.5 Å². The summed E-state index contributed by atoms with van der Waals surface area (Å²) in [7, 11) is 0. The van der Waals surface area contributed by atoms with Gasteiger partial charge in [0.2, 0.25) is 0 Å². The van der Waals surface area contributed by atoms with Gasteiger partial charge in [-0.1, -0.05) is 41.4 Å². The summed E-state index contributed by atoms with van der Waals surface area (Å²) in [5.74, 6) is 0.737. The summed E-state index contributed by atoms with van der Waals surface area (Å²) < 4.78 is 6.79. The molecule has 0 heterocycles. The first-order valence-corrected chi connectivity index (χ1v) is 7.15. The van der Waals surface area contributed by atoms with Crippen molar-refractivity contribution < 1.29 is 4.74 Å². The van der Waals surface area contributed by atoms with Crippen molar-refractivity contribution in [2.24, 2.45) is 5.73 Å². The van der Waals surface area contributed by atoms with Crippen molar-refractivity contribution in [1.82, 2.24) is 0 Å². The maximum Gasteiger partial charge on any atom is 0.136 e. The van der Waals surface area contributed by atoms with Crippen molar-refractivity contribution in [3.05, 3.63) is 63.1 Å². The topological polar surface area (TPSA) is 35.2 Å². The van der Waals surface area contributed by atoms with Gasteiger partial charge in [-0.2, -0.15) is 0 Å². The third-order valence-corrected chi connectivity index (χ3v) is 3.65. The van der Waals surface area contributed by atoms with Crippen LogP contribution in [-0.4, -0.2) is 6.54 Å². The molecule has 0 aliphatic rings. The molecule has 0 fully saturated rings. The normalized spacial score (nSPS) is 12.2. The van der Waals surface area contributed by atoms with Gasteiger partial charge >= 0.3 is 0 Å². The highest BCUT2D eigenvalue weighted by molar-refractivity contribution is 9.10. The van der Waals surface area contributed by atoms with E-state index in [9.17, 15) is 0 Å². The van der Waals surface area contributed by atoms with E-state index in [1.807, 2.05) is 18.2 Å². The van der Waals surface area contributed by atoms with E-state index in [0.29, 0.717) is 11.6 Å². The van der Waals surface area contributed by atoms with Crippen LogP contribution in [0.25, 0.3) is 0 Å². The molecule has 0 aromatic heterocycles. The third kappa shape index (κ3) is 3.72. The molecule has 0 spiro atoms. The molecule has 2 aromatic rings. The van der Waals surface area contributed by atoms with Crippen LogP contribution in [0.1, 0.15) is 17.2 Å². The zero-order valence-corrected chi connectivity index (χ0v) is 12.9. The molecule has 2 rings (SSSR count). The number of benzene rings is 2. The van der Waals surface area contributed by atoms with E-state index < -0.39 is 0 Å². The van der Waals surface area contributed by atoms with Gasteiger partial charge in [-0.3, -0.25) is 0 Å². The lowest BCUT2D eigenvalue weighted by Crippen LogP contribution is -2.18. The average Bonchev–Trinajstić information content (AvgIpc) is 2.38. The quantitative estimate of drug-likeness (QED) is 0.890. The van der Waals surface area contributed by atoms with Crippen molar-refractivity contribution in [3.63, 3.8) is 0 Å². The number of rotatable bonds is 4. The van der Waals surface area contributed by atoms with Crippen molar-refractivity contribution in [2.75, 3.05) is 6.54 Å². The van der Waals surface area contributed by atoms with Crippen molar-refractivity contribution in [1.29, 1.82) is 0 Å². The van der Waals surface area contributed by atoms with Gasteiger partial charge < -0.3 is 10.5 Å². The zero-order chi connectivity index (χ0) is 13.8. The molecule has 1 atom stereocenters. The molecule has 0 aliphatic heterocycles. The lowest BCUT2D eigenvalue weighted by atomic mass is 10.1. The van der Waals surface area contributed by atoms with E-state index in [0.717, 1.165) is 15.8 Å². The zero-order valence-electron chi connectivity index (χ0n) is 10.6. The van der Waals surface area contributed by atoms with E-state index in [1.165, 1.54) is 5.56 Å². The van der Waals surface area contributed by atoms with Gasteiger partial charge in [0.25, 0.3) is 0 Å². The first-order valence-electron chi connectivity index (χ1n) is 5.98. The minimum atomic E-state index is -0.169. The fourth-order valence-corrected chi connectivity index (χ4v) is 2.62. The standard InChI is InChI=1S/C15H15BrClNO/c1-10-3-2-4-11(7-10)15(9-18)19-14-6-5-12(17)8-13(14)16/h2-8,15H,9,18H2,1H3. The Balaban J connectivity index is 2.24. The van der Waals surface area contributed by atoms with Gasteiger partial charge in [-0.25, -0.2) is 0 Å². The maximum absolute atomic E-state index is 5.96. The molecule has 2 aromatic carbocycles. The van der Waals surface area contributed by atoms with Crippen molar-refractivity contribution in [2.45, 2.75) is 13.0 Å². The summed E-state index contributed by atoms with van der Waals surface area (Å²) in [4.78, 5) is 0. The van der Waals surface area contributed by atoms with Gasteiger partial charge in [0.05, 0.1) is 4.47 Å². The Labute approximate surface area is 126 Å². The second kappa shape index (κ2) is 6.42. The van der Waals surface area contributed by atoms with Crippen LogP contribution >= 0.6 is 27.5 Å². The van der Waals surface area contributed by atoms with Gasteiger partial charge in [0, 0.05) is 11.6 Å². The highest BCUT2D eigenvalue weighted by Gasteiger charge is 2.13. The van der Waals surface area contributed by atoms with Crippen LogP contribution in [0.15, 0.2) is 46.9 Å². The minimum absolute atomic E-state index is 0.169. The van der Waals surface area contributed by atoms with E-state index in [-0.39, 0.29) is 6.10 Å². The lowest BCUT2D eigenvalue weighted by molar-refractivity contribution is 0.213. The summed E-state index contributed by atoms with van der Waals surface area (Å²) >= 11 is 9.36. The second-order valence-electron chi connectivity index (χ2n) is 4.33. The third-order valence-electron chi connectivity index (χ3n) is 2.79. The highest BCUT2D eigenvalue weighted by atomic mass is 79.9. The van der Waals surface area contributed by atoms with Crippen LogP contribution in [0, 0.1) is 6.92 Å². The smallest absolute Gasteiger partial charge is 0.136 e. The van der Waals surface area contributed by atoms with Crippen LogP contribution in [0.5, 0.6) is 5.75 Å². The molecule has 2 N–H and O–H groups in total. The molecule has 0 amide bonds. The first-order chi connectivity index (χ1) is 9.10. The number of hydrogen-bond acceptors (Lipinski definition) is 2. The van der Waals surface area contributed by atoms with Crippen molar-refractivity contribution in [3.8, 4) is 5.75 Å². The Kier molecular flexibility index (Phi) is 4.86. The Bertz CT molecular complexity index is 574. The second-order valence-corrected chi connectivity index (χ2v) is 5.62. The molecule has 0 bridgehead atoms. The van der Waals surface area contributed by atoms with E-state index in [4.69, 9.17) is 22.1 Å². The van der Waals surface area contributed by atoms with E-state index >= 15 is 0 Å². The average molecular weight is 341 g/mol. The lowest BCUT2D eigenvalue weighted by Gasteiger charge is -2.19. The number of ether oxygens (including phenoxy) is 1.